The van der Waals surface area contributed by atoms with Crippen molar-refractivity contribution >= 4 is 10.9 Å². The van der Waals surface area contributed by atoms with Crippen LogP contribution in [-0.2, 0) is 13.1 Å². The molecular formula is C29H36N6O2. The Bertz CT molecular complexity index is 1440. The number of hydrogen-bond acceptors (Lipinski definition) is 6. The number of nitrogens with zero attached hydrogens (tertiary/aromatic N) is 5. The number of tetrazole rings is 1. The predicted molar refractivity (Wildman–Crippen MR) is 145 cm³/mol. The molecule has 4 aromatic rings. The molecule has 0 spiro atoms. The average molecular weight is 501 g/mol. The first-order valence-electron chi connectivity index (χ1n) is 13.2. The van der Waals surface area contributed by atoms with Crippen molar-refractivity contribution in [2.45, 2.75) is 78.0 Å². The summed E-state index contributed by atoms with van der Waals surface area (Å²) in [6, 6.07) is 14.6. The van der Waals surface area contributed by atoms with Gasteiger partial charge in [-0.15, -0.1) is 5.10 Å². The number of nitrogens with one attached hydrogen (secondary N) is 1. The second-order valence-corrected chi connectivity index (χ2v) is 10.2. The van der Waals surface area contributed by atoms with Gasteiger partial charge in [0, 0.05) is 24.2 Å². The number of rotatable bonds is 9. The van der Waals surface area contributed by atoms with Crippen molar-refractivity contribution in [3.63, 3.8) is 0 Å². The Balaban J connectivity index is 1.57. The fraction of sp³-hybridized carbons (Fsp3) is 0.448. The fourth-order valence-corrected chi connectivity index (χ4v) is 5.83. The average Bonchev–Trinajstić information content (AvgIpc) is 3.58. The zero-order valence-electron chi connectivity index (χ0n) is 22.2. The van der Waals surface area contributed by atoms with Gasteiger partial charge in [0.1, 0.15) is 5.75 Å². The number of para-hydroxylation sites is 1. The number of aromatic amines is 1. The molecule has 1 aliphatic carbocycles. The molecule has 0 amide bonds. The topological polar surface area (TPSA) is 88.9 Å². The van der Waals surface area contributed by atoms with Crippen LogP contribution in [0.25, 0.3) is 10.9 Å². The number of methoxy groups -OCH3 is 1. The minimum Gasteiger partial charge on any atom is -0.496 e. The number of pyridine rings is 1. The Labute approximate surface area is 217 Å². The summed E-state index contributed by atoms with van der Waals surface area (Å²) in [7, 11) is 1.69. The van der Waals surface area contributed by atoms with Crippen molar-refractivity contribution in [3.05, 3.63) is 80.9 Å². The molecule has 194 valence electrons. The second kappa shape index (κ2) is 10.8. The lowest BCUT2D eigenvalue weighted by atomic mass is 10.0. The van der Waals surface area contributed by atoms with E-state index in [1.54, 1.807) is 7.11 Å². The number of aromatic nitrogens is 5. The predicted octanol–water partition coefficient (Wildman–Crippen LogP) is 5.41. The molecular weight excluding hydrogens is 464 g/mol. The van der Waals surface area contributed by atoms with Gasteiger partial charge in [0.15, 0.2) is 5.82 Å². The molecule has 0 aliphatic heterocycles. The summed E-state index contributed by atoms with van der Waals surface area (Å²) in [4.78, 5) is 18.8. The Morgan fingerprint density at radius 3 is 2.62 bits per heavy atom. The number of H-pyrrole nitrogens is 1. The minimum atomic E-state index is -0.0604. The summed E-state index contributed by atoms with van der Waals surface area (Å²) in [5.74, 6) is 1.70. The van der Waals surface area contributed by atoms with Gasteiger partial charge in [-0.25, -0.2) is 4.68 Å². The lowest BCUT2D eigenvalue weighted by Gasteiger charge is -2.31. The maximum absolute atomic E-state index is 13.3. The van der Waals surface area contributed by atoms with Gasteiger partial charge >= 0.3 is 0 Å². The maximum Gasteiger partial charge on any atom is 0.252 e. The van der Waals surface area contributed by atoms with E-state index in [1.807, 2.05) is 35.9 Å². The molecule has 2 aromatic carbocycles. The van der Waals surface area contributed by atoms with Crippen LogP contribution in [0.3, 0.4) is 0 Å². The van der Waals surface area contributed by atoms with Crippen LogP contribution in [0, 0.1) is 13.8 Å². The fourth-order valence-electron chi connectivity index (χ4n) is 5.83. The molecule has 1 aliphatic rings. The molecule has 8 heteroatoms. The van der Waals surface area contributed by atoms with Crippen LogP contribution in [0.1, 0.15) is 79.2 Å². The van der Waals surface area contributed by atoms with Gasteiger partial charge in [0.2, 0.25) is 0 Å². The van der Waals surface area contributed by atoms with E-state index in [2.05, 4.69) is 57.5 Å². The van der Waals surface area contributed by atoms with Crippen LogP contribution in [0.5, 0.6) is 5.75 Å². The van der Waals surface area contributed by atoms with Crippen LogP contribution in [0.4, 0.5) is 0 Å². The monoisotopic (exact) mass is 500 g/mol. The van der Waals surface area contributed by atoms with E-state index in [-0.39, 0.29) is 11.6 Å². The van der Waals surface area contributed by atoms with E-state index in [4.69, 9.17) is 4.74 Å². The highest BCUT2D eigenvalue weighted by molar-refractivity contribution is 5.82. The smallest absolute Gasteiger partial charge is 0.252 e. The lowest BCUT2D eigenvalue weighted by Crippen LogP contribution is -2.33. The standard InChI is InChI=1S/C29H36N6O2/c1-5-25(28-31-32-33-35(28)24-11-7-8-12-24)34(17-21-10-6-9-13-26(21)37-4)18-23-16-22-15-19(2)14-20(3)27(22)30-29(23)36/h6,9-10,13-16,24-25H,5,7-8,11-12,17-18H2,1-4H3,(H,30,36)/t25-/m0/s1. The SMILES string of the molecule is CC[C@@H](c1nnnn1C1CCCC1)N(Cc1ccccc1OC)Cc1cc2cc(C)cc(C)c2[nH]c1=O. The van der Waals surface area contributed by atoms with Crippen molar-refractivity contribution in [3.8, 4) is 5.75 Å². The summed E-state index contributed by atoms with van der Waals surface area (Å²) < 4.78 is 7.71. The lowest BCUT2D eigenvalue weighted by molar-refractivity contribution is 0.156. The molecule has 1 fully saturated rings. The van der Waals surface area contributed by atoms with E-state index >= 15 is 0 Å². The Morgan fingerprint density at radius 2 is 1.86 bits per heavy atom. The molecule has 2 heterocycles. The number of ether oxygens (including phenoxy) is 1. The third-order valence-electron chi connectivity index (χ3n) is 7.62. The number of hydrogen-bond donors (Lipinski definition) is 1. The third kappa shape index (κ3) is 5.16. The molecule has 0 unspecified atom stereocenters. The van der Waals surface area contributed by atoms with Gasteiger partial charge in [0.05, 0.1) is 24.7 Å². The normalized spacial score (nSPS) is 15.1. The maximum atomic E-state index is 13.3. The van der Waals surface area contributed by atoms with E-state index in [1.165, 1.54) is 18.4 Å². The highest BCUT2D eigenvalue weighted by Crippen LogP contribution is 2.34. The number of fused-ring (bicyclic) bond motifs is 1. The number of aryl methyl sites for hydroxylation is 2. The second-order valence-electron chi connectivity index (χ2n) is 10.2. The van der Waals surface area contributed by atoms with E-state index in [0.717, 1.165) is 58.4 Å². The van der Waals surface area contributed by atoms with Crippen LogP contribution in [-0.4, -0.2) is 37.2 Å². The minimum absolute atomic E-state index is 0.0603. The van der Waals surface area contributed by atoms with Crippen molar-refractivity contribution in [1.82, 2.24) is 30.1 Å². The van der Waals surface area contributed by atoms with Crippen molar-refractivity contribution in [2.75, 3.05) is 7.11 Å². The zero-order chi connectivity index (χ0) is 25.9. The Kier molecular flexibility index (Phi) is 7.37. The summed E-state index contributed by atoms with van der Waals surface area (Å²) in [5.41, 5.74) is 4.88. The molecule has 1 N–H and O–H groups in total. The highest BCUT2D eigenvalue weighted by Gasteiger charge is 2.30. The summed E-state index contributed by atoms with van der Waals surface area (Å²) in [5, 5.41) is 14.1. The summed E-state index contributed by atoms with van der Waals surface area (Å²) in [6.45, 7) is 7.34. The molecule has 37 heavy (non-hydrogen) atoms. The first-order chi connectivity index (χ1) is 18.0. The molecule has 2 aromatic heterocycles. The van der Waals surface area contributed by atoms with E-state index in [0.29, 0.717) is 19.1 Å². The van der Waals surface area contributed by atoms with Gasteiger partial charge in [-0.1, -0.05) is 49.6 Å². The molecule has 0 saturated heterocycles. The van der Waals surface area contributed by atoms with Crippen molar-refractivity contribution < 1.29 is 4.74 Å². The first kappa shape index (κ1) is 25.1. The van der Waals surface area contributed by atoms with Crippen LogP contribution >= 0.6 is 0 Å². The van der Waals surface area contributed by atoms with Crippen LogP contribution in [0.15, 0.2) is 47.3 Å². The molecule has 0 bridgehead atoms. The molecule has 0 radical (unpaired) electrons. The molecule has 1 atom stereocenters. The first-order valence-corrected chi connectivity index (χ1v) is 13.2. The van der Waals surface area contributed by atoms with Gasteiger partial charge < -0.3 is 9.72 Å². The molecule has 5 rings (SSSR count). The summed E-state index contributed by atoms with van der Waals surface area (Å²) in [6.07, 6.45) is 5.42. The van der Waals surface area contributed by atoms with Gasteiger partial charge in [-0.2, -0.15) is 0 Å². The van der Waals surface area contributed by atoms with Crippen LogP contribution < -0.4 is 10.3 Å². The number of benzene rings is 2. The summed E-state index contributed by atoms with van der Waals surface area (Å²) >= 11 is 0. The zero-order valence-corrected chi connectivity index (χ0v) is 22.2. The largest absolute Gasteiger partial charge is 0.496 e. The van der Waals surface area contributed by atoms with Crippen LogP contribution in [0.2, 0.25) is 0 Å². The Hall–Kier alpha value is -3.52. The third-order valence-corrected chi connectivity index (χ3v) is 7.62. The van der Waals surface area contributed by atoms with E-state index < -0.39 is 0 Å². The van der Waals surface area contributed by atoms with Crippen molar-refractivity contribution in [2.24, 2.45) is 0 Å². The highest BCUT2D eigenvalue weighted by atomic mass is 16.5. The van der Waals surface area contributed by atoms with Crippen molar-refractivity contribution in [1.29, 1.82) is 0 Å². The molecule has 8 nitrogen and oxygen atoms in total. The van der Waals surface area contributed by atoms with Gasteiger partial charge in [-0.3, -0.25) is 9.69 Å². The van der Waals surface area contributed by atoms with Gasteiger partial charge in [-0.05, 0) is 72.7 Å². The quantitative estimate of drug-likeness (QED) is 0.331. The Morgan fingerprint density at radius 1 is 1.11 bits per heavy atom. The molecule has 1 saturated carbocycles. The van der Waals surface area contributed by atoms with E-state index in [9.17, 15) is 4.79 Å². The van der Waals surface area contributed by atoms with Gasteiger partial charge in [0.25, 0.3) is 5.56 Å².